The van der Waals surface area contributed by atoms with E-state index >= 15 is 0 Å². The number of nitrogens with one attached hydrogen (secondary N) is 1. The molecule has 11 nitrogen and oxygen atoms in total. The second kappa shape index (κ2) is 12.1. The van der Waals surface area contributed by atoms with E-state index in [-0.39, 0.29) is 17.1 Å². The summed E-state index contributed by atoms with van der Waals surface area (Å²) in [5, 5.41) is 13.1. The molecule has 0 saturated carbocycles. The largest absolute Gasteiger partial charge is 0.480 e. The molecule has 0 spiro atoms. The molecular formula is C27H34N4O7S. The van der Waals surface area contributed by atoms with Crippen molar-refractivity contribution in [2.45, 2.75) is 43.2 Å². The topological polar surface area (TPSA) is 137 Å². The minimum atomic E-state index is -4.47. The van der Waals surface area contributed by atoms with Crippen molar-refractivity contribution in [3.8, 4) is 5.75 Å². The first kappa shape index (κ1) is 28.5. The predicted molar refractivity (Wildman–Crippen MR) is 143 cm³/mol. The molecule has 2 fully saturated rings. The number of hydrogen-bond acceptors (Lipinski definition) is 8. The maximum atomic E-state index is 13.7. The summed E-state index contributed by atoms with van der Waals surface area (Å²) in [5.74, 6) is -1.95. The summed E-state index contributed by atoms with van der Waals surface area (Å²) in [6.07, 6.45) is 0.370. The van der Waals surface area contributed by atoms with E-state index in [1.807, 2.05) is 7.05 Å². The summed E-state index contributed by atoms with van der Waals surface area (Å²) < 4.78 is 33.3. The normalized spacial score (nSPS) is 18.9. The summed E-state index contributed by atoms with van der Waals surface area (Å²) >= 11 is 0. The first-order chi connectivity index (χ1) is 18.6. The zero-order valence-electron chi connectivity index (χ0n) is 22.1. The fraction of sp³-hybridized carbons (Fsp3) is 0.444. The second-order valence-corrected chi connectivity index (χ2v) is 11.8. The first-order valence-corrected chi connectivity index (χ1v) is 14.4. The Kier molecular flexibility index (Phi) is 8.88. The number of hydrogen-bond donors (Lipinski definition) is 2. The van der Waals surface area contributed by atoms with Crippen molar-refractivity contribution in [1.82, 2.24) is 19.4 Å². The minimum absolute atomic E-state index is 0.156. The SMILES string of the molecule is Cc1ccc(S(=O)(=O)N(C(=O)[C@@H]2CCCN2)[C@H](Cc2ccc(OC(=O)N3CCN(C)CC3)cc2)C(=O)O)cc1. The van der Waals surface area contributed by atoms with Crippen LogP contribution in [-0.4, -0.2) is 97.5 Å². The van der Waals surface area contributed by atoms with Gasteiger partial charge < -0.3 is 25.0 Å². The van der Waals surface area contributed by atoms with Gasteiger partial charge in [-0.25, -0.2) is 22.3 Å². The Balaban J connectivity index is 1.56. The van der Waals surface area contributed by atoms with Gasteiger partial charge >= 0.3 is 12.1 Å². The van der Waals surface area contributed by atoms with Crippen molar-refractivity contribution in [2.24, 2.45) is 0 Å². The van der Waals surface area contributed by atoms with Crippen LogP contribution in [0.3, 0.4) is 0 Å². The standard InChI is InChI=1S/C27H34N4O7S/c1-19-5-11-22(12-6-19)39(36,37)31(25(32)23-4-3-13-28-23)24(26(33)34)18-20-7-9-21(10-8-20)38-27(35)30-16-14-29(2)15-17-30/h5-12,23-24,28H,3-4,13-18H2,1-2H3,(H,33,34)/t23-,24+/m0/s1. The molecule has 12 heteroatoms. The van der Waals surface area contributed by atoms with Crippen LogP contribution in [0.15, 0.2) is 53.4 Å². The van der Waals surface area contributed by atoms with Crippen LogP contribution >= 0.6 is 0 Å². The van der Waals surface area contributed by atoms with E-state index in [0.29, 0.717) is 42.3 Å². The van der Waals surface area contributed by atoms with Crippen molar-refractivity contribution in [1.29, 1.82) is 0 Å². The van der Waals surface area contributed by atoms with Crippen molar-refractivity contribution in [3.63, 3.8) is 0 Å². The van der Waals surface area contributed by atoms with Gasteiger partial charge in [0.25, 0.3) is 15.9 Å². The van der Waals surface area contributed by atoms with Gasteiger partial charge in [-0.2, -0.15) is 0 Å². The number of carboxylic acids is 1. The van der Waals surface area contributed by atoms with Crippen molar-refractivity contribution < 1.29 is 32.6 Å². The highest BCUT2D eigenvalue weighted by Gasteiger charge is 2.43. The van der Waals surface area contributed by atoms with Crippen LogP contribution < -0.4 is 10.1 Å². The van der Waals surface area contributed by atoms with Crippen LogP contribution in [0.25, 0.3) is 0 Å². The van der Waals surface area contributed by atoms with E-state index in [9.17, 15) is 27.9 Å². The molecule has 2 amide bonds. The number of piperazine rings is 1. The smallest absolute Gasteiger partial charge is 0.415 e. The highest BCUT2D eigenvalue weighted by Crippen LogP contribution is 2.25. The molecule has 0 unspecified atom stereocenters. The number of carbonyl (C=O) groups is 3. The Morgan fingerprint density at radius 2 is 1.69 bits per heavy atom. The molecule has 2 saturated heterocycles. The zero-order chi connectivity index (χ0) is 28.2. The number of likely N-dealkylation sites (N-methyl/N-ethyl adjacent to an activating group) is 1. The fourth-order valence-corrected chi connectivity index (χ4v) is 6.23. The van der Waals surface area contributed by atoms with Crippen LogP contribution in [0.2, 0.25) is 0 Å². The maximum absolute atomic E-state index is 13.7. The summed E-state index contributed by atoms with van der Waals surface area (Å²) in [5.41, 5.74) is 1.30. The molecule has 2 aromatic carbocycles. The van der Waals surface area contributed by atoms with Crippen LogP contribution in [0, 0.1) is 6.92 Å². The fourth-order valence-electron chi connectivity index (χ4n) is 4.65. The van der Waals surface area contributed by atoms with Crippen LogP contribution in [0.1, 0.15) is 24.0 Å². The third kappa shape index (κ3) is 6.75. The van der Waals surface area contributed by atoms with E-state index in [1.165, 1.54) is 24.3 Å². The van der Waals surface area contributed by atoms with Crippen molar-refractivity contribution >= 4 is 28.0 Å². The molecule has 0 aromatic heterocycles. The quantitative estimate of drug-likeness (QED) is 0.496. The van der Waals surface area contributed by atoms with Gasteiger partial charge in [0.05, 0.1) is 10.9 Å². The van der Waals surface area contributed by atoms with E-state index in [4.69, 9.17) is 4.74 Å². The van der Waals surface area contributed by atoms with Gasteiger partial charge in [0, 0.05) is 32.6 Å². The molecule has 2 aliphatic heterocycles. The zero-order valence-corrected chi connectivity index (χ0v) is 22.9. The Morgan fingerprint density at radius 3 is 2.26 bits per heavy atom. The Labute approximate surface area is 228 Å². The maximum Gasteiger partial charge on any atom is 0.415 e. The number of sulfonamides is 1. The number of ether oxygens (including phenoxy) is 1. The van der Waals surface area contributed by atoms with E-state index < -0.39 is 40.1 Å². The number of benzene rings is 2. The van der Waals surface area contributed by atoms with E-state index in [2.05, 4.69) is 10.2 Å². The molecule has 0 aliphatic carbocycles. The Bertz CT molecular complexity index is 1280. The molecule has 2 heterocycles. The summed E-state index contributed by atoms with van der Waals surface area (Å²) in [6.45, 7) is 4.96. The molecular weight excluding hydrogens is 524 g/mol. The van der Waals surface area contributed by atoms with Gasteiger partial charge in [-0.15, -0.1) is 0 Å². The lowest BCUT2D eigenvalue weighted by atomic mass is 10.0. The number of aliphatic carboxylic acids is 1. The van der Waals surface area contributed by atoms with Crippen molar-refractivity contribution in [2.75, 3.05) is 39.8 Å². The third-order valence-electron chi connectivity index (χ3n) is 7.04. The van der Waals surface area contributed by atoms with Gasteiger partial charge in [0.2, 0.25) is 0 Å². The summed E-state index contributed by atoms with van der Waals surface area (Å²) in [7, 11) is -2.49. The molecule has 4 rings (SSSR count). The first-order valence-electron chi connectivity index (χ1n) is 12.9. The number of carbonyl (C=O) groups excluding carboxylic acids is 2. The van der Waals surface area contributed by atoms with Gasteiger partial charge in [0.15, 0.2) is 0 Å². The molecule has 2 N–H and O–H groups in total. The number of rotatable bonds is 8. The average Bonchev–Trinajstić information content (AvgIpc) is 3.45. The molecule has 2 atom stereocenters. The predicted octanol–water partition coefficient (Wildman–Crippen LogP) is 1.71. The lowest BCUT2D eigenvalue weighted by molar-refractivity contribution is -0.146. The Hall–Kier alpha value is -3.48. The van der Waals surface area contributed by atoms with Gasteiger partial charge in [0.1, 0.15) is 11.8 Å². The van der Waals surface area contributed by atoms with Gasteiger partial charge in [-0.05, 0) is 63.2 Å². The lowest BCUT2D eigenvalue weighted by Crippen LogP contribution is -2.54. The highest BCUT2D eigenvalue weighted by atomic mass is 32.2. The molecule has 2 aliphatic rings. The van der Waals surface area contributed by atoms with Gasteiger partial charge in [-0.3, -0.25) is 4.79 Å². The monoisotopic (exact) mass is 558 g/mol. The number of amides is 2. The molecule has 0 bridgehead atoms. The average molecular weight is 559 g/mol. The van der Waals surface area contributed by atoms with Gasteiger partial charge in [-0.1, -0.05) is 29.8 Å². The highest BCUT2D eigenvalue weighted by molar-refractivity contribution is 7.89. The van der Waals surface area contributed by atoms with Crippen molar-refractivity contribution in [3.05, 3.63) is 59.7 Å². The molecule has 0 radical (unpaired) electrons. The van der Waals surface area contributed by atoms with Crippen LogP contribution in [0.4, 0.5) is 4.79 Å². The van der Waals surface area contributed by atoms with Crippen LogP contribution in [-0.2, 0) is 26.0 Å². The second-order valence-electron chi connectivity index (χ2n) is 9.96. The number of nitrogens with zero attached hydrogens (tertiary/aromatic N) is 3. The Morgan fingerprint density at radius 1 is 1.05 bits per heavy atom. The lowest BCUT2D eigenvalue weighted by Gasteiger charge is -2.31. The summed E-state index contributed by atoms with van der Waals surface area (Å²) in [6, 6.07) is 9.67. The third-order valence-corrected chi connectivity index (χ3v) is 8.86. The van der Waals surface area contributed by atoms with E-state index in [0.717, 1.165) is 18.7 Å². The molecule has 210 valence electrons. The number of carboxylic acid groups (broad SMARTS) is 1. The summed E-state index contributed by atoms with van der Waals surface area (Å²) in [4.78, 5) is 42.0. The van der Waals surface area contributed by atoms with Crippen LogP contribution in [0.5, 0.6) is 5.75 Å². The molecule has 39 heavy (non-hydrogen) atoms. The number of aryl methyl sites for hydroxylation is 1. The molecule has 2 aromatic rings. The van der Waals surface area contributed by atoms with E-state index in [1.54, 1.807) is 36.1 Å². The minimum Gasteiger partial charge on any atom is -0.480 e.